The molecule has 0 bridgehead atoms. The number of anilines is 1. The van der Waals surface area contributed by atoms with Gasteiger partial charge in [0.2, 0.25) is 5.91 Å². The molecule has 0 spiro atoms. The van der Waals surface area contributed by atoms with Gasteiger partial charge in [-0.05, 0) is 48.9 Å². The number of methoxy groups -OCH3 is 2. The number of amides is 1. The Hall–Kier alpha value is -3.20. The first-order valence-electron chi connectivity index (χ1n) is 8.24. The lowest BCUT2D eigenvalue weighted by Gasteiger charge is -2.31. The van der Waals surface area contributed by atoms with Crippen LogP contribution in [0.15, 0.2) is 42.5 Å². The van der Waals surface area contributed by atoms with Crippen molar-refractivity contribution < 1.29 is 14.3 Å². The van der Waals surface area contributed by atoms with Gasteiger partial charge in [-0.25, -0.2) is 0 Å². The van der Waals surface area contributed by atoms with Crippen molar-refractivity contribution in [2.45, 2.75) is 25.9 Å². The quantitative estimate of drug-likeness (QED) is 0.788. The van der Waals surface area contributed by atoms with Gasteiger partial charge in [-0.2, -0.15) is 5.26 Å². The average molecular weight is 353 g/mol. The van der Waals surface area contributed by atoms with Gasteiger partial charge in [-0.15, -0.1) is 0 Å². The fourth-order valence-corrected chi connectivity index (χ4v) is 2.81. The number of hydrogen-bond donors (Lipinski definition) is 1. The van der Waals surface area contributed by atoms with Gasteiger partial charge in [0, 0.05) is 24.7 Å². The number of nitriles is 1. The molecule has 0 aliphatic rings. The molecule has 0 unspecified atom stereocenters. The van der Waals surface area contributed by atoms with Gasteiger partial charge >= 0.3 is 0 Å². The van der Waals surface area contributed by atoms with E-state index in [4.69, 9.17) is 20.5 Å². The lowest BCUT2D eigenvalue weighted by molar-refractivity contribution is -0.118. The third kappa shape index (κ3) is 4.67. The van der Waals surface area contributed by atoms with Crippen LogP contribution in [0.4, 0.5) is 5.69 Å². The molecule has 0 radical (unpaired) electrons. The maximum absolute atomic E-state index is 11.4. The summed E-state index contributed by atoms with van der Waals surface area (Å²) in [5.74, 6) is 0.946. The lowest BCUT2D eigenvalue weighted by atomic mass is 10.1. The zero-order valence-electron chi connectivity index (χ0n) is 15.2. The van der Waals surface area contributed by atoms with E-state index >= 15 is 0 Å². The SMILES string of the molecule is COc1ccc(CN(c2ccc(C#N)cc2)[C@@H](C)CC(N)=O)cc1OC. The van der Waals surface area contributed by atoms with E-state index in [0.717, 1.165) is 11.3 Å². The molecule has 1 atom stereocenters. The molecule has 1 amide bonds. The van der Waals surface area contributed by atoms with Crippen molar-refractivity contribution in [2.24, 2.45) is 5.73 Å². The van der Waals surface area contributed by atoms with Crippen LogP contribution in [0.25, 0.3) is 0 Å². The molecule has 0 heterocycles. The van der Waals surface area contributed by atoms with E-state index in [1.807, 2.05) is 37.3 Å². The average Bonchev–Trinajstić information content (AvgIpc) is 2.65. The van der Waals surface area contributed by atoms with Crippen LogP contribution < -0.4 is 20.1 Å². The van der Waals surface area contributed by atoms with Crippen LogP contribution in [0.5, 0.6) is 11.5 Å². The number of hydrogen-bond acceptors (Lipinski definition) is 5. The molecule has 0 aliphatic carbocycles. The summed E-state index contributed by atoms with van der Waals surface area (Å²) in [4.78, 5) is 13.5. The van der Waals surface area contributed by atoms with E-state index in [1.165, 1.54) is 0 Å². The molecule has 2 N–H and O–H groups in total. The van der Waals surface area contributed by atoms with Crippen LogP contribution in [0, 0.1) is 11.3 Å². The Labute approximate surface area is 153 Å². The number of ether oxygens (including phenoxy) is 2. The molecule has 0 saturated carbocycles. The molecule has 6 nitrogen and oxygen atoms in total. The van der Waals surface area contributed by atoms with Crippen LogP contribution in [0.3, 0.4) is 0 Å². The predicted octanol–water partition coefficient (Wildman–Crippen LogP) is 2.85. The molecule has 0 fully saturated rings. The molecule has 2 aromatic carbocycles. The molecule has 6 heteroatoms. The molecule has 0 saturated heterocycles. The standard InChI is InChI=1S/C20H23N3O3/c1-14(10-20(22)24)23(17-7-4-15(12-21)5-8-17)13-16-6-9-18(25-2)19(11-16)26-3/h4-9,11,14H,10,13H2,1-3H3,(H2,22,24)/t14-/m0/s1. The normalized spacial score (nSPS) is 11.3. The summed E-state index contributed by atoms with van der Waals surface area (Å²) in [6.45, 7) is 2.50. The maximum Gasteiger partial charge on any atom is 0.219 e. The first-order chi connectivity index (χ1) is 12.5. The van der Waals surface area contributed by atoms with Crippen molar-refractivity contribution in [2.75, 3.05) is 19.1 Å². The van der Waals surface area contributed by atoms with Gasteiger partial charge in [0.1, 0.15) is 0 Å². The van der Waals surface area contributed by atoms with Crippen molar-refractivity contribution in [1.29, 1.82) is 5.26 Å². The summed E-state index contributed by atoms with van der Waals surface area (Å²) in [5, 5.41) is 8.99. The fourth-order valence-electron chi connectivity index (χ4n) is 2.81. The van der Waals surface area contributed by atoms with E-state index in [9.17, 15) is 4.79 Å². The van der Waals surface area contributed by atoms with Gasteiger partial charge in [0.05, 0.1) is 25.9 Å². The summed E-state index contributed by atoms with van der Waals surface area (Å²) >= 11 is 0. The van der Waals surface area contributed by atoms with E-state index in [1.54, 1.807) is 26.4 Å². The van der Waals surface area contributed by atoms with Crippen molar-refractivity contribution in [3.05, 3.63) is 53.6 Å². The Morgan fingerprint density at radius 1 is 1.15 bits per heavy atom. The van der Waals surface area contributed by atoms with E-state index in [2.05, 4.69) is 11.0 Å². The van der Waals surface area contributed by atoms with Crippen molar-refractivity contribution in [3.63, 3.8) is 0 Å². The summed E-state index contributed by atoms with van der Waals surface area (Å²) in [5.41, 5.74) is 7.88. The number of nitrogens with two attached hydrogens (primary N) is 1. The summed E-state index contributed by atoms with van der Waals surface area (Å²) in [6.07, 6.45) is 0.229. The van der Waals surface area contributed by atoms with Gasteiger partial charge < -0.3 is 20.1 Å². The Kier molecular flexibility index (Phi) is 6.45. The van der Waals surface area contributed by atoms with Gasteiger partial charge in [0.15, 0.2) is 11.5 Å². The minimum atomic E-state index is -0.358. The lowest BCUT2D eigenvalue weighted by Crippen LogP contribution is -2.35. The molecule has 0 aromatic heterocycles. The second-order valence-electron chi connectivity index (χ2n) is 6.00. The minimum absolute atomic E-state index is 0.103. The highest BCUT2D eigenvalue weighted by atomic mass is 16.5. The molecule has 2 aromatic rings. The van der Waals surface area contributed by atoms with E-state index in [0.29, 0.717) is 23.6 Å². The largest absolute Gasteiger partial charge is 0.493 e. The maximum atomic E-state index is 11.4. The van der Waals surface area contributed by atoms with Gasteiger partial charge in [0.25, 0.3) is 0 Å². The van der Waals surface area contributed by atoms with Gasteiger partial charge in [-0.3, -0.25) is 4.79 Å². The molecule has 2 rings (SSSR count). The number of carbonyl (C=O) groups is 1. The Balaban J connectivity index is 2.34. The van der Waals surface area contributed by atoms with Gasteiger partial charge in [-0.1, -0.05) is 6.07 Å². The highest BCUT2D eigenvalue weighted by Crippen LogP contribution is 2.29. The minimum Gasteiger partial charge on any atom is -0.493 e. The van der Waals surface area contributed by atoms with Crippen molar-refractivity contribution in [3.8, 4) is 17.6 Å². The third-order valence-corrected chi connectivity index (χ3v) is 4.16. The number of carbonyl (C=O) groups excluding carboxylic acids is 1. The second kappa shape index (κ2) is 8.77. The highest BCUT2D eigenvalue weighted by Gasteiger charge is 2.18. The van der Waals surface area contributed by atoms with E-state index in [-0.39, 0.29) is 18.4 Å². The summed E-state index contributed by atoms with van der Waals surface area (Å²) < 4.78 is 10.6. The predicted molar refractivity (Wildman–Crippen MR) is 100 cm³/mol. The second-order valence-corrected chi connectivity index (χ2v) is 6.00. The van der Waals surface area contributed by atoms with Crippen LogP contribution in [0.1, 0.15) is 24.5 Å². The zero-order chi connectivity index (χ0) is 19.1. The Morgan fingerprint density at radius 3 is 2.35 bits per heavy atom. The number of primary amides is 1. The molecule has 26 heavy (non-hydrogen) atoms. The summed E-state index contributed by atoms with van der Waals surface area (Å²) in [6, 6.07) is 15.0. The highest BCUT2D eigenvalue weighted by molar-refractivity contribution is 5.75. The smallest absolute Gasteiger partial charge is 0.219 e. The van der Waals surface area contributed by atoms with E-state index < -0.39 is 0 Å². The third-order valence-electron chi connectivity index (χ3n) is 4.16. The summed E-state index contributed by atoms with van der Waals surface area (Å²) in [7, 11) is 3.19. The number of rotatable bonds is 8. The Morgan fingerprint density at radius 2 is 1.81 bits per heavy atom. The zero-order valence-corrected chi connectivity index (χ0v) is 15.2. The first-order valence-corrected chi connectivity index (χ1v) is 8.24. The van der Waals surface area contributed by atoms with Crippen LogP contribution in [-0.2, 0) is 11.3 Å². The molecular weight excluding hydrogens is 330 g/mol. The fraction of sp³-hybridized carbons (Fsp3) is 0.300. The monoisotopic (exact) mass is 353 g/mol. The number of nitrogens with zero attached hydrogens (tertiary/aromatic N) is 2. The van der Waals surface area contributed by atoms with Crippen LogP contribution in [-0.4, -0.2) is 26.2 Å². The van der Waals surface area contributed by atoms with Crippen LogP contribution in [0.2, 0.25) is 0 Å². The van der Waals surface area contributed by atoms with Crippen LogP contribution >= 0.6 is 0 Å². The molecule has 136 valence electrons. The number of benzene rings is 2. The first kappa shape index (κ1) is 19.1. The molecular formula is C20H23N3O3. The topological polar surface area (TPSA) is 88.6 Å². The van der Waals surface area contributed by atoms with Crippen molar-refractivity contribution >= 4 is 11.6 Å². The molecule has 0 aliphatic heterocycles. The Bertz CT molecular complexity index is 797. The van der Waals surface area contributed by atoms with Crippen molar-refractivity contribution in [1.82, 2.24) is 0 Å².